The van der Waals surface area contributed by atoms with Gasteiger partial charge in [-0.05, 0) is 41.7 Å². The number of aliphatic hydroxyl groups is 1. The van der Waals surface area contributed by atoms with Crippen LogP contribution in [0.3, 0.4) is 0 Å². The Balaban J connectivity index is 3.00. The van der Waals surface area contributed by atoms with Crippen molar-refractivity contribution in [3.8, 4) is 0 Å². The Bertz CT molecular complexity index is 684. The normalized spacial score (nSPS) is 14.2. The summed E-state index contributed by atoms with van der Waals surface area (Å²) in [4.78, 5) is 24.6. The highest BCUT2D eigenvalue weighted by Crippen LogP contribution is 2.41. The van der Waals surface area contributed by atoms with E-state index in [-0.39, 0.29) is 12.2 Å². The first kappa shape index (κ1) is 24.2. The maximum Gasteiger partial charge on any atom is 0.416 e. The van der Waals surface area contributed by atoms with Crippen LogP contribution in [0.1, 0.15) is 25.8 Å². The SMILES string of the molecule is C=CC(=O)CC(C(CO)C(=O)OC)C(C)(C)CSc1ccc(C(F)(F)F)cc1. The topological polar surface area (TPSA) is 63.6 Å². The van der Waals surface area contributed by atoms with Crippen LogP contribution in [-0.4, -0.2) is 36.3 Å². The third-order valence-electron chi connectivity index (χ3n) is 4.63. The summed E-state index contributed by atoms with van der Waals surface area (Å²) in [6, 6.07) is 4.80. The van der Waals surface area contributed by atoms with Crippen molar-refractivity contribution in [3.05, 3.63) is 42.5 Å². The van der Waals surface area contributed by atoms with Crippen LogP contribution in [0, 0.1) is 17.3 Å². The number of benzene rings is 1. The molecule has 1 aromatic carbocycles. The summed E-state index contributed by atoms with van der Waals surface area (Å²) in [6.07, 6.45) is -3.23. The van der Waals surface area contributed by atoms with E-state index in [4.69, 9.17) is 4.74 Å². The zero-order chi connectivity index (χ0) is 21.5. The highest BCUT2D eigenvalue weighted by Gasteiger charge is 2.40. The molecular weight excluding hydrogens is 393 g/mol. The van der Waals surface area contributed by atoms with Gasteiger partial charge in [-0.1, -0.05) is 20.4 Å². The number of halogens is 3. The third-order valence-corrected chi connectivity index (χ3v) is 6.13. The van der Waals surface area contributed by atoms with E-state index in [1.54, 1.807) is 0 Å². The summed E-state index contributed by atoms with van der Waals surface area (Å²) in [6.45, 7) is 6.65. The predicted molar refractivity (Wildman–Crippen MR) is 102 cm³/mol. The van der Waals surface area contributed by atoms with Gasteiger partial charge in [0.05, 0.1) is 25.2 Å². The Morgan fingerprint density at radius 1 is 1.25 bits per heavy atom. The largest absolute Gasteiger partial charge is 0.469 e. The monoisotopic (exact) mass is 418 g/mol. The number of carbonyl (C=O) groups excluding carboxylic acids is 2. The number of esters is 1. The van der Waals surface area contributed by atoms with E-state index in [0.29, 0.717) is 10.6 Å². The molecule has 0 saturated carbocycles. The molecule has 0 heterocycles. The summed E-state index contributed by atoms with van der Waals surface area (Å²) in [5.74, 6) is -1.88. The van der Waals surface area contributed by atoms with Gasteiger partial charge in [-0.2, -0.15) is 13.2 Å². The van der Waals surface area contributed by atoms with Crippen LogP contribution in [0.2, 0.25) is 0 Å². The summed E-state index contributed by atoms with van der Waals surface area (Å²) in [5, 5.41) is 9.69. The van der Waals surface area contributed by atoms with Crippen molar-refractivity contribution in [2.75, 3.05) is 19.5 Å². The van der Waals surface area contributed by atoms with Crippen LogP contribution in [0.15, 0.2) is 41.8 Å². The van der Waals surface area contributed by atoms with Crippen LogP contribution in [0.5, 0.6) is 0 Å². The highest BCUT2D eigenvalue weighted by molar-refractivity contribution is 7.99. The lowest BCUT2D eigenvalue weighted by Gasteiger charge is -2.37. The number of carbonyl (C=O) groups is 2. The molecule has 2 unspecified atom stereocenters. The van der Waals surface area contributed by atoms with Crippen LogP contribution < -0.4 is 0 Å². The first-order valence-corrected chi connectivity index (χ1v) is 9.58. The first-order valence-electron chi connectivity index (χ1n) is 8.60. The smallest absolute Gasteiger partial charge is 0.416 e. The van der Waals surface area contributed by atoms with E-state index in [2.05, 4.69) is 6.58 Å². The number of ether oxygens (including phenoxy) is 1. The van der Waals surface area contributed by atoms with E-state index >= 15 is 0 Å². The molecule has 28 heavy (non-hydrogen) atoms. The molecule has 0 amide bonds. The predicted octanol–water partition coefficient (Wildman–Crippen LogP) is 4.37. The third kappa shape index (κ3) is 6.67. The Kier molecular flexibility index (Phi) is 8.75. The number of thioether (sulfide) groups is 1. The molecule has 0 aromatic heterocycles. The molecule has 1 rings (SSSR count). The Morgan fingerprint density at radius 3 is 2.25 bits per heavy atom. The van der Waals surface area contributed by atoms with Crippen molar-refractivity contribution in [1.29, 1.82) is 0 Å². The van der Waals surface area contributed by atoms with Gasteiger partial charge >= 0.3 is 12.1 Å². The molecule has 0 fully saturated rings. The fourth-order valence-corrected chi connectivity index (χ4v) is 3.98. The number of hydrogen-bond donors (Lipinski definition) is 1. The van der Waals surface area contributed by atoms with Gasteiger partial charge in [0.15, 0.2) is 5.78 Å². The minimum atomic E-state index is -4.40. The number of allylic oxidation sites excluding steroid dienone is 1. The molecule has 0 aliphatic heterocycles. The average Bonchev–Trinajstić information content (AvgIpc) is 2.65. The number of aliphatic hydroxyl groups excluding tert-OH is 1. The number of ketones is 1. The summed E-state index contributed by atoms with van der Waals surface area (Å²) >= 11 is 1.32. The second-order valence-electron chi connectivity index (χ2n) is 7.09. The summed E-state index contributed by atoms with van der Waals surface area (Å²) < 4.78 is 42.8. The first-order chi connectivity index (χ1) is 13.0. The standard InChI is InChI=1S/C20H25F3O4S/c1-5-14(25)10-17(16(11-24)18(26)27-4)19(2,3)12-28-15-8-6-13(7-9-15)20(21,22)23/h5-9,16-17,24H,1,10-12H2,2-4H3. The van der Waals surface area contributed by atoms with Crippen LogP contribution in [0.25, 0.3) is 0 Å². The molecule has 0 radical (unpaired) electrons. The minimum absolute atomic E-state index is 0.00436. The van der Waals surface area contributed by atoms with Gasteiger partial charge in [0.2, 0.25) is 0 Å². The molecule has 0 aliphatic carbocycles. The van der Waals surface area contributed by atoms with Crippen molar-refractivity contribution >= 4 is 23.5 Å². The van der Waals surface area contributed by atoms with E-state index in [1.165, 1.54) is 31.0 Å². The lowest BCUT2D eigenvalue weighted by molar-refractivity contribution is -0.151. The fraction of sp³-hybridized carbons (Fsp3) is 0.500. The zero-order valence-electron chi connectivity index (χ0n) is 16.1. The van der Waals surface area contributed by atoms with Crippen molar-refractivity contribution < 1.29 is 32.6 Å². The Hall–Kier alpha value is -1.80. The van der Waals surface area contributed by atoms with Crippen LogP contribution >= 0.6 is 11.8 Å². The second-order valence-corrected chi connectivity index (χ2v) is 8.14. The molecule has 0 bridgehead atoms. The van der Waals surface area contributed by atoms with Gasteiger partial charge in [0.25, 0.3) is 0 Å². The molecule has 8 heteroatoms. The Morgan fingerprint density at radius 2 is 1.82 bits per heavy atom. The summed E-state index contributed by atoms with van der Waals surface area (Å²) in [7, 11) is 1.21. The second kappa shape index (κ2) is 10.1. The molecule has 0 spiro atoms. The van der Waals surface area contributed by atoms with Crippen molar-refractivity contribution in [3.63, 3.8) is 0 Å². The lowest BCUT2D eigenvalue weighted by atomic mass is 9.70. The van der Waals surface area contributed by atoms with Crippen molar-refractivity contribution in [1.82, 2.24) is 0 Å². The average molecular weight is 418 g/mol. The van der Waals surface area contributed by atoms with E-state index < -0.39 is 41.6 Å². The molecular formula is C20H25F3O4S. The number of hydrogen-bond acceptors (Lipinski definition) is 5. The highest BCUT2D eigenvalue weighted by atomic mass is 32.2. The molecule has 4 nitrogen and oxygen atoms in total. The molecule has 2 atom stereocenters. The minimum Gasteiger partial charge on any atom is -0.469 e. The number of methoxy groups -OCH3 is 1. The van der Waals surface area contributed by atoms with Crippen LogP contribution in [0.4, 0.5) is 13.2 Å². The zero-order valence-corrected chi connectivity index (χ0v) is 16.9. The van der Waals surface area contributed by atoms with Gasteiger partial charge in [-0.15, -0.1) is 11.8 Å². The quantitative estimate of drug-likeness (QED) is 0.347. The number of alkyl halides is 3. The molecule has 1 aromatic rings. The van der Waals surface area contributed by atoms with Gasteiger partial charge in [0, 0.05) is 17.1 Å². The van der Waals surface area contributed by atoms with Gasteiger partial charge in [-0.25, -0.2) is 0 Å². The lowest BCUT2D eigenvalue weighted by Crippen LogP contribution is -2.40. The Labute approximate surface area is 167 Å². The number of rotatable bonds is 10. The van der Waals surface area contributed by atoms with E-state index in [0.717, 1.165) is 18.2 Å². The van der Waals surface area contributed by atoms with E-state index in [9.17, 15) is 27.9 Å². The molecule has 0 saturated heterocycles. The fourth-order valence-electron chi connectivity index (χ4n) is 2.90. The van der Waals surface area contributed by atoms with E-state index in [1.807, 2.05) is 13.8 Å². The van der Waals surface area contributed by atoms with Crippen LogP contribution in [-0.2, 0) is 20.5 Å². The molecule has 156 valence electrons. The van der Waals surface area contributed by atoms with Gasteiger partial charge < -0.3 is 9.84 Å². The van der Waals surface area contributed by atoms with Gasteiger partial charge in [-0.3, -0.25) is 9.59 Å². The molecule has 1 N–H and O–H groups in total. The van der Waals surface area contributed by atoms with Crippen molar-refractivity contribution in [2.24, 2.45) is 17.3 Å². The maximum absolute atomic E-state index is 12.7. The molecule has 0 aliphatic rings. The maximum atomic E-state index is 12.7. The van der Waals surface area contributed by atoms with Crippen molar-refractivity contribution in [2.45, 2.75) is 31.3 Å². The van der Waals surface area contributed by atoms with Gasteiger partial charge in [0.1, 0.15) is 0 Å². The summed E-state index contributed by atoms with van der Waals surface area (Å²) in [5.41, 5.74) is -1.33.